The van der Waals surface area contributed by atoms with Crippen molar-refractivity contribution in [2.24, 2.45) is 40.1 Å². The summed E-state index contributed by atoms with van der Waals surface area (Å²) in [6.45, 7) is 15.4. The van der Waals surface area contributed by atoms with Crippen LogP contribution in [-0.2, 0) is 41.7 Å². The second-order valence-corrected chi connectivity index (χ2v) is 21.6. The average Bonchev–Trinajstić information content (AvgIpc) is 3.57. The number of hydrogen-bond donors (Lipinski definition) is 5. The van der Waals surface area contributed by atoms with E-state index in [4.69, 9.17) is 16.2 Å². The Morgan fingerprint density at radius 2 is 1.55 bits per heavy atom. The summed E-state index contributed by atoms with van der Waals surface area (Å²) < 4.78 is 5.68. The number of anilines is 2. The van der Waals surface area contributed by atoms with Crippen molar-refractivity contribution < 1.29 is 38.3 Å². The van der Waals surface area contributed by atoms with E-state index in [9.17, 15) is 33.6 Å². The Labute approximate surface area is 456 Å². The van der Waals surface area contributed by atoms with Gasteiger partial charge >= 0.3 is 12.0 Å². The molecule has 0 spiro atoms. The lowest BCUT2D eigenvalue weighted by Crippen LogP contribution is -2.46. The van der Waals surface area contributed by atoms with E-state index >= 15 is 0 Å². The van der Waals surface area contributed by atoms with Crippen LogP contribution in [-0.4, -0.2) is 95.8 Å². The number of nitrogens with one attached hydrogen (secondary N) is 3. The summed E-state index contributed by atoms with van der Waals surface area (Å²) in [4.78, 5) is 105. The van der Waals surface area contributed by atoms with Gasteiger partial charge < -0.3 is 42.0 Å². The minimum atomic E-state index is -0.825. The summed E-state index contributed by atoms with van der Waals surface area (Å²) >= 11 is 0. The highest BCUT2D eigenvalue weighted by Crippen LogP contribution is 2.30. The van der Waals surface area contributed by atoms with Gasteiger partial charge in [-0.2, -0.15) is 0 Å². The van der Waals surface area contributed by atoms with Crippen molar-refractivity contribution in [2.75, 3.05) is 42.9 Å². The van der Waals surface area contributed by atoms with Crippen LogP contribution in [0.2, 0.25) is 0 Å². The van der Waals surface area contributed by atoms with E-state index in [1.165, 1.54) is 6.42 Å². The molecule has 17 heteroatoms. The Hall–Kier alpha value is -6.91. The van der Waals surface area contributed by atoms with Crippen LogP contribution in [0.15, 0.2) is 71.4 Å². The second-order valence-electron chi connectivity index (χ2n) is 21.6. The third kappa shape index (κ3) is 20.5. The number of aliphatic imine (C=N–C) groups is 1. The largest absolute Gasteiger partial charge is 0.461 e. The lowest BCUT2D eigenvalue weighted by atomic mass is 9.88. The van der Waals surface area contributed by atoms with Gasteiger partial charge in [0.15, 0.2) is 5.78 Å². The first-order valence-corrected chi connectivity index (χ1v) is 28.0. The lowest BCUT2D eigenvalue weighted by Gasteiger charge is -2.32. The quantitative estimate of drug-likeness (QED) is 0.0300. The molecule has 2 aromatic carbocycles. The number of urea groups is 1. The average molecular weight is 1060 g/mol. The van der Waals surface area contributed by atoms with E-state index in [0.717, 1.165) is 73.9 Å². The van der Waals surface area contributed by atoms with Crippen molar-refractivity contribution in [1.82, 2.24) is 20.5 Å². The molecule has 0 bridgehead atoms. The number of pyridine rings is 1. The minimum absolute atomic E-state index is 0.0496. The maximum absolute atomic E-state index is 13.7. The molecule has 0 radical (unpaired) electrons. The Morgan fingerprint density at radius 1 is 0.844 bits per heavy atom. The number of amides is 5. The number of primary amides is 1. The number of carbonyl (C=O) groups is 7. The van der Waals surface area contributed by atoms with Gasteiger partial charge in [-0.25, -0.2) is 14.8 Å². The molecule has 2 aliphatic heterocycles. The molecule has 1 fully saturated rings. The van der Waals surface area contributed by atoms with Crippen molar-refractivity contribution in [3.63, 3.8) is 0 Å². The van der Waals surface area contributed by atoms with E-state index in [2.05, 4.69) is 44.7 Å². The topological polar surface area (TPSA) is 249 Å². The number of piperidine rings is 1. The molecule has 0 saturated carbocycles. The van der Waals surface area contributed by atoms with E-state index in [1.54, 1.807) is 24.4 Å². The number of unbranched alkanes of at least 4 members (excludes halogenated alkanes) is 3. The molecule has 3 aromatic rings. The number of hydrogen-bond acceptors (Lipinski definition) is 12. The van der Waals surface area contributed by atoms with Crippen LogP contribution >= 0.6 is 0 Å². The van der Waals surface area contributed by atoms with Crippen LogP contribution in [0.5, 0.6) is 0 Å². The van der Waals surface area contributed by atoms with Crippen molar-refractivity contribution in [1.29, 1.82) is 0 Å². The van der Waals surface area contributed by atoms with Gasteiger partial charge in [0.1, 0.15) is 24.0 Å². The molecule has 418 valence electrons. The molecule has 77 heavy (non-hydrogen) atoms. The van der Waals surface area contributed by atoms with Gasteiger partial charge in [0.2, 0.25) is 11.8 Å². The molecule has 3 heterocycles. The standard InChI is InChI=1S/C60H85N9O8/c1-7-28-69(29-8-2)59(75)47-34-45-21-22-46(35-52(45)66-54(61)36-47)57(73)65-48-23-24-55(64-38-48)68-30-25-43(26-31-68)33-56(72)77-39-44-19-17-42(18-20-44)32-53(71)51(16-13-27-63-60(62)76)67-58(74)50(41(5)6)37-49(70)15-12-10-9-11-14-40(3)4/h17-24,34-35,38,40-41,43,50-51H,7-16,25-33,36-37,39H2,1-6H3,(H2,61,66)(H,65,73)(H,67,74)(H3,62,63,76). The van der Waals surface area contributed by atoms with Gasteiger partial charge in [0, 0.05) is 87.4 Å². The van der Waals surface area contributed by atoms with Gasteiger partial charge in [-0.3, -0.25) is 28.8 Å². The number of amidine groups is 1. The highest BCUT2D eigenvalue weighted by atomic mass is 16.5. The number of nitrogens with two attached hydrogens (primary N) is 2. The predicted octanol–water partition coefficient (Wildman–Crippen LogP) is 9.38. The van der Waals surface area contributed by atoms with Crippen LogP contribution in [0.25, 0.3) is 6.08 Å². The fourth-order valence-corrected chi connectivity index (χ4v) is 9.80. The van der Waals surface area contributed by atoms with Gasteiger partial charge in [-0.1, -0.05) is 97.6 Å². The molecule has 7 N–H and O–H groups in total. The molecule has 5 amide bonds. The number of benzene rings is 2. The predicted molar refractivity (Wildman–Crippen MR) is 303 cm³/mol. The molecule has 17 nitrogen and oxygen atoms in total. The number of aromatic nitrogens is 1. The smallest absolute Gasteiger partial charge is 0.312 e. The number of carbonyl (C=O) groups excluding carboxylic acids is 7. The zero-order valence-electron chi connectivity index (χ0n) is 46.5. The number of rotatable bonds is 31. The van der Waals surface area contributed by atoms with E-state index < -0.39 is 18.0 Å². The highest BCUT2D eigenvalue weighted by Gasteiger charge is 2.30. The van der Waals surface area contributed by atoms with Crippen LogP contribution < -0.4 is 32.3 Å². The zero-order chi connectivity index (χ0) is 55.9. The molecular weight excluding hydrogens is 975 g/mol. The van der Waals surface area contributed by atoms with Crippen LogP contribution in [0.1, 0.15) is 165 Å². The Balaban J connectivity index is 1.05. The first-order chi connectivity index (χ1) is 36.9. The van der Waals surface area contributed by atoms with E-state index in [-0.39, 0.29) is 92.3 Å². The summed E-state index contributed by atoms with van der Waals surface area (Å²) in [6.07, 6.45) is 13.8. The molecular formula is C60H85N9O8. The maximum Gasteiger partial charge on any atom is 0.312 e. The molecule has 1 aromatic heterocycles. The third-order valence-electron chi connectivity index (χ3n) is 14.3. The fraction of sp³-hybridized carbons (Fsp3) is 0.550. The van der Waals surface area contributed by atoms with E-state index in [0.29, 0.717) is 73.3 Å². The molecule has 0 aliphatic carbocycles. The van der Waals surface area contributed by atoms with Gasteiger partial charge in [0.05, 0.1) is 23.6 Å². The summed E-state index contributed by atoms with van der Waals surface area (Å²) in [5.74, 6) is 0.0858. The maximum atomic E-state index is 13.7. The first-order valence-electron chi connectivity index (χ1n) is 28.0. The molecule has 2 unspecified atom stereocenters. The van der Waals surface area contributed by atoms with Crippen molar-refractivity contribution in [2.45, 2.75) is 157 Å². The van der Waals surface area contributed by atoms with Crippen LogP contribution in [0, 0.1) is 23.7 Å². The lowest BCUT2D eigenvalue weighted by molar-refractivity contribution is -0.146. The summed E-state index contributed by atoms with van der Waals surface area (Å²) in [7, 11) is 0. The fourth-order valence-electron chi connectivity index (χ4n) is 9.80. The van der Waals surface area contributed by atoms with Crippen molar-refractivity contribution in [3.8, 4) is 0 Å². The molecule has 2 aliphatic rings. The Morgan fingerprint density at radius 3 is 2.19 bits per heavy atom. The zero-order valence-corrected chi connectivity index (χ0v) is 46.5. The minimum Gasteiger partial charge on any atom is -0.461 e. The molecule has 5 rings (SSSR count). The number of fused-ring (bicyclic) bond motifs is 1. The number of ketones is 2. The number of ether oxygens (including phenoxy) is 1. The summed E-state index contributed by atoms with van der Waals surface area (Å²) in [5, 5.41) is 8.41. The Kier molecular flexibility index (Phi) is 24.8. The summed E-state index contributed by atoms with van der Waals surface area (Å²) in [6, 6.07) is 14.6. The van der Waals surface area contributed by atoms with Gasteiger partial charge in [0.25, 0.3) is 5.91 Å². The van der Waals surface area contributed by atoms with Crippen LogP contribution in [0.3, 0.4) is 0 Å². The molecule has 2 atom stereocenters. The highest BCUT2D eigenvalue weighted by molar-refractivity contribution is 6.08. The number of Topliss-reactive ketones (excluding diaryl/α,β-unsaturated/α-hetero) is 2. The first kappa shape index (κ1) is 60.9. The molecule has 1 saturated heterocycles. The summed E-state index contributed by atoms with van der Waals surface area (Å²) in [5.41, 5.74) is 15.8. The Bertz CT molecular complexity index is 2510. The number of nitrogens with zero attached hydrogens (tertiary/aromatic N) is 4. The third-order valence-corrected chi connectivity index (χ3v) is 14.3. The van der Waals surface area contributed by atoms with Gasteiger partial charge in [-0.05, 0) is 104 Å². The normalized spacial score (nSPS) is 14.4. The van der Waals surface area contributed by atoms with Crippen LogP contribution in [0.4, 0.5) is 22.0 Å². The van der Waals surface area contributed by atoms with E-state index in [1.807, 2.05) is 75.1 Å². The van der Waals surface area contributed by atoms with Crippen molar-refractivity contribution in [3.05, 3.63) is 88.6 Å². The van der Waals surface area contributed by atoms with Gasteiger partial charge in [-0.15, -0.1) is 0 Å². The van der Waals surface area contributed by atoms with Crippen molar-refractivity contribution >= 4 is 70.4 Å². The number of esters is 1. The second kappa shape index (κ2) is 31.3. The monoisotopic (exact) mass is 1060 g/mol. The SMILES string of the molecule is CCCN(CCC)C(=O)C1=Cc2ccc(C(=O)Nc3ccc(N4CCC(CC(=O)OCc5ccc(CC(=O)C(CCCNC(N)=O)NC(=O)C(CC(=O)CCCCCCC(C)C)C(C)C)cc5)CC4)nc3)cc2N=C(N)C1.